The van der Waals surface area contributed by atoms with Crippen molar-refractivity contribution in [3.05, 3.63) is 75.1 Å². The maximum atomic E-state index is 12.0. The second kappa shape index (κ2) is 7.40. The van der Waals surface area contributed by atoms with E-state index in [1.807, 2.05) is 31.2 Å². The minimum atomic E-state index is -0.721. The van der Waals surface area contributed by atoms with E-state index in [-0.39, 0.29) is 30.0 Å². The Bertz CT molecular complexity index is 960. The van der Waals surface area contributed by atoms with Crippen molar-refractivity contribution in [3.8, 4) is 5.75 Å². The van der Waals surface area contributed by atoms with Crippen molar-refractivity contribution in [3.63, 3.8) is 0 Å². The molecule has 3 rings (SSSR count). The Kier molecular flexibility index (Phi) is 5.05. The minimum absolute atomic E-state index is 0.0368. The molecule has 0 fully saturated rings. The Hall–Kier alpha value is -2.79. The molecule has 0 aliphatic rings. The number of esters is 1. The zero-order valence-corrected chi connectivity index (χ0v) is 14.2. The first kappa shape index (κ1) is 17.0. The maximum Gasteiger partial charge on any atom is 0.374 e. The van der Waals surface area contributed by atoms with Gasteiger partial charge in [0, 0.05) is 11.1 Å². The predicted molar refractivity (Wildman–Crippen MR) is 94.5 cm³/mol. The molecule has 3 aromatic rings. The summed E-state index contributed by atoms with van der Waals surface area (Å²) in [5, 5.41) is 0.732. The summed E-state index contributed by atoms with van der Waals surface area (Å²) in [6.07, 6.45) is 0. The van der Waals surface area contributed by atoms with Crippen LogP contribution in [0.15, 0.2) is 57.7 Å². The van der Waals surface area contributed by atoms with Gasteiger partial charge in [-0.25, -0.2) is 4.79 Å². The second-order valence-corrected chi connectivity index (χ2v) is 5.85. The normalized spacial score (nSPS) is 10.6. The standard InChI is InChI=1S/C19H15ClO5/c1-12-2-5-14(6-3-12)23-8-9-24-19(22)18-11-16(21)15-10-13(20)4-7-17(15)25-18/h2-7,10-11H,8-9H2,1H3. The average molecular weight is 359 g/mol. The fourth-order valence-corrected chi connectivity index (χ4v) is 2.40. The number of ether oxygens (including phenoxy) is 2. The monoisotopic (exact) mass is 358 g/mol. The van der Waals surface area contributed by atoms with E-state index in [2.05, 4.69) is 0 Å². The summed E-state index contributed by atoms with van der Waals surface area (Å²) in [5.41, 5.74) is 1.05. The fraction of sp³-hybridized carbons (Fsp3) is 0.158. The molecule has 1 aromatic heterocycles. The topological polar surface area (TPSA) is 65.7 Å². The number of aryl methyl sites for hydroxylation is 1. The van der Waals surface area contributed by atoms with Crippen LogP contribution < -0.4 is 10.2 Å². The third-order valence-corrected chi connectivity index (χ3v) is 3.73. The fourth-order valence-electron chi connectivity index (χ4n) is 2.23. The quantitative estimate of drug-likeness (QED) is 0.509. The molecule has 0 aliphatic heterocycles. The van der Waals surface area contributed by atoms with Gasteiger partial charge < -0.3 is 13.9 Å². The summed E-state index contributed by atoms with van der Waals surface area (Å²) in [6.45, 7) is 2.22. The lowest BCUT2D eigenvalue weighted by Gasteiger charge is -2.07. The van der Waals surface area contributed by atoms with Gasteiger partial charge in [0.05, 0.1) is 5.39 Å². The number of rotatable bonds is 5. The number of carbonyl (C=O) groups excluding carboxylic acids is 1. The molecule has 0 saturated heterocycles. The predicted octanol–water partition coefficient (Wildman–Crippen LogP) is 3.99. The number of fused-ring (bicyclic) bond motifs is 1. The van der Waals surface area contributed by atoms with E-state index < -0.39 is 5.97 Å². The summed E-state index contributed by atoms with van der Waals surface area (Å²) in [5.74, 6) is -0.188. The van der Waals surface area contributed by atoms with Crippen molar-refractivity contribution in [2.45, 2.75) is 6.92 Å². The van der Waals surface area contributed by atoms with E-state index in [4.69, 9.17) is 25.5 Å². The van der Waals surface area contributed by atoms with Gasteiger partial charge in [0.15, 0.2) is 5.43 Å². The zero-order chi connectivity index (χ0) is 17.8. The Morgan fingerprint density at radius 1 is 1.08 bits per heavy atom. The first-order chi connectivity index (χ1) is 12.0. The molecule has 0 bridgehead atoms. The molecule has 0 amide bonds. The molecule has 0 atom stereocenters. The van der Waals surface area contributed by atoms with Crippen LogP contribution in [0.3, 0.4) is 0 Å². The van der Waals surface area contributed by atoms with Gasteiger partial charge >= 0.3 is 5.97 Å². The smallest absolute Gasteiger partial charge is 0.374 e. The van der Waals surface area contributed by atoms with Gasteiger partial charge in [-0.3, -0.25) is 4.79 Å². The van der Waals surface area contributed by atoms with Gasteiger partial charge in [0.2, 0.25) is 5.76 Å². The Morgan fingerprint density at radius 3 is 2.60 bits per heavy atom. The number of carbonyl (C=O) groups is 1. The van der Waals surface area contributed by atoms with E-state index in [1.54, 1.807) is 6.07 Å². The molecule has 1 heterocycles. The van der Waals surface area contributed by atoms with Crippen molar-refractivity contribution in [1.29, 1.82) is 0 Å². The number of hydrogen-bond donors (Lipinski definition) is 0. The van der Waals surface area contributed by atoms with Gasteiger partial charge in [0.25, 0.3) is 0 Å². The first-order valence-corrected chi connectivity index (χ1v) is 8.01. The summed E-state index contributed by atoms with van der Waals surface area (Å²) < 4.78 is 16.0. The van der Waals surface area contributed by atoms with Crippen molar-refractivity contribution in [2.24, 2.45) is 0 Å². The number of hydrogen-bond acceptors (Lipinski definition) is 5. The van der Waals surface area contributed by atoms with Crippen LogP contribution in [0.2, 0.25) is 5.02 Å². The minimum Gasteiger partial charge on any atom is -0.490 e. The summed E-state index contributed by atoms with van der Waals surface area (Å²) in [4.78, 5) is 24.1. The molecule has 0 spiro atoms. The van der Waals surface area contributed by atoms with Crippen LogP contribution in [0.4, 0.5) is 0 Å². The van der Waals surface area contributed by atoms with Crippen LogP contribution in [0.1, 0.15) is 16.1 Å². The molecule has 25 heavy (non-hydrogen) atoms. The second-order valence-electron chi connectivity index (χ2n) is 5.41. The van der Waals surface area contributed by atoms with E-state index in [0.29, 0.717) is 16.2 Å². The SMILES string of the molecule is Cc1ccc(OCCOC(=O)c2cc(=O)c3cc(Cl)ccc3o2)cc1. The number of benzene rings is 2. The molecular weight excluding hydrogens is 344 g/mol. The van der Waals surface area contributed by atoms with Crippen LogP contribution in [-0.2, 0) is 4.74 Å². The largest absolute Gasteiger partial charge is 0.490 e. The average Bonchev–Trinajstić information content (AvgIpc) is 2.60. The molecule has 2 aromatic carbocycles. The third-order valence-electron chi connectivity index (χ3n) is 3.50. The lowest BCUT2D eigenvalue weighted by molar-refractivity contribution is 0.0415. The maximum absolute atomic E-state index is 12.0. The lowest BCUT2D eigenvalue weighted by atomic mass is 10.2. The summed E-state index contributed by atoms with van der Waals surface area (Å²) in [6, 6.07) is 13.2. The van der Waals surface area contributed by atoms with Gasteiger partial charge in [-0.1, -0.05) is 29.3 Å². The molecule has 0 aliphatic carbocycles. The molecule has 0 saturated carbocycles. The highest BCUT2D eigenvalue weighted by Gasteiger charge is 2.14. The Balaban J connectivity index is 1.61. The molecule has 128 valence electrons. The lowest BCUT2D eigenvalue weighted by Crippen LogP contribution is -2.14. The first-order valence-electron chi connectivity index (χ1n) is 7.63. The molecule has 6 heteroatoms. The van der Waals surface area contributed by atoms with E-state index in [0.717, 1.165) is 11.6 Å². The van der Waals surface area contributed by atoms with Crippen LogP contribution in [0, 0.1) is 6.92 Å². The van der Waals surface area contributed by atoms with Crippen LogP contribution >= 0.6 is 11.6 Å². The van der Waals surface area contributed by atoms with Crippen LogP contribution in [-0.4, -0.2) is 19.2 Å². The van der Waals surface area contributed by atoms with E-state index >= 15 is 0 Å². The Morgan fingerprint density at radius 2 is 1.84 bits per heavy atom. The van der Waals surface area contributed by atoms with Gasteiger partial charge in [-0.2, -0.15) is 0 Å². The molecule has 0 unspecified atom stereocenters. The van der Waals surface area contributed by atoms with Gasteiger partial charge in [-0.05, 0) is 37.3 Å². The Labute approximate surface area is 148 Å². The highest BCUT2D eigenvalue weighted by atomic mass is 35.5. The van der Waals surface area contributed by atoms with Gasteiger partial charge in [-0.15, -0.1) is 0 Å². The number of halogens is 1. The van der Waals surface area contributed by atoms with Crippen LogP contribution in [0.5, 0.6) is 5.75 Å². The van der Waals surface area contributed by atoms with Crippen molar-refractivity contribution < 1.29 is 18.7 Å². The van der Waals surface area contributed by atoms with E-state index in [1.165, 1.54) is 12.1 Å². The molecule has 5 nitrogen and oxygen atoms in total. The zero-order valence-electron chi connectivity index (χ0n) is 13.5. The highest BCUT2D eigenvalue weighted by Crippen LogP contribution is 2.18. The summed E-state index contributed by atoms with van der Waals surface area (Å²) >= 11 is 5.85. The van der Waals surface area contributed by atoms with Crippen LogP contribution in [0.25, 0.3) is 11.0 Å². The van der Waals surface area contributed by atoms with Gasteiger partial charge in [0.1, 0.15) is 24.5 Å². The van der Waals surface area contributed by atoms with Crippen molar-refractivity contribution in [2.75, 3.05) is 13.2 Å². The molecule has 0 N–H and O–H groups in total. The molecular formula is C19H15ClO5. The van der Waals surface area contributed by atoms with E-state index in [9.17, 15) is 9.59 Å². The third kappa shape index (κ3) is 4.19. The van der Waals surface area contributed by atoms with Crippen molar-refractivity contribution >= 4 is 28.5 Å². The highest BCUT2D eigenvalue weighted by molar-refractivity contribution is 6.31. The molecule has 0 radical (unpaired) electrons. The summed E-state index contributed by atoms with van der Waals surface area (Å²) in [7, 11) is 0. The van der Waals surface area contributed by atoms with Crippen molar-refractivity contribution in [1.82, 2.24) is 0 Å².